The largest absolute Gasteiger partial charge is 0.322 e. The first kappa shape index (κ1) is 14.1. The highest BCUT2D eigenvalue weighted by molar-refractivity contribution is 5.75. The number of rotatable bonds is 3. The fourth-order valence-electron chi connectivity index (χ4n) is 2.12. The van der Waals surface area contributed by atoms with E-state index < -0.39 is 0 Å². The topological polar surface area (TPSA) is 32.3 Å². The molecule has 1 aliphatic heterocycles. The second-order valence-electron chi connectivity index (χ2n) is 5.24. The molecule has 0 aromatic heterocycles. The average molecular weight is 238 g/mol. The number of hydrogen-bond donors (Lipinski definition) is 1. The molecule has 1 unspecified atom stereocenters. The summed E-state index contributed by atoms with van der Waals surface area (Å²) in [4.78, 5) is 14.1. The van der Waals surface area contributed by atoms with Gasteiger partial charge in [0, 0.05) is 18.8 Å². The summed E-state index contributed by atoms with van der Waals surface area (Å²) < 4.78 is 0. The van der Waals surface area contributed by atoms with Crippen molar-refractivity contribution >= 4 is 6.03 Å². The van der Waals surface area contributed by atoms with E-state index in [0.717, 1.165) is 25.8 Å². The van der Waals surface area contributed by atoms with E-state index in [0.29, 0.717) is 12.0 Å². The Kier molecular flexibility index (Phi) is 5.52. The number of urea groups is 1. The van der Waals surface area contributed by atoms with Crippen LogP contribution in [-0.2, 0) is 0 Å². The second kappa shape index (κ2) is 6.67. The second-order valence-corrected chi connectivity index (χ2v) is 5.24. The fourth-order valence-corrected chi connectivity index (χ4v) is 2.12. The van der Waals surface area contributed by atoms with E-state index in [1.54, 1.807) is 0 Å². The smallest absolute Gasteiger partial charge is 0.321 e. The monoisotopic (exact) mass is 238 g/mol. The van der Waals surface area contributed by atoms with E-state index in [-0.39, 0.29) is 6.03 Å². The fraction of sp³-hybridized carbons (Fsp3) is 0.786. The molecule has 1 rings (SSSR count). The summed E-state index contributed by atoms with van der Waals surface area (Å²) in [5.41, 5.74) is 1.21. The molecule has 3 heteroatoms. The van der Waals surface area contributed by atoms with Gasteiger partial charge in [0.25, 0.3) is 0 Å². The molecule has 1 fully saturated rings. The van der Waals surface area contributed by atoms with Crippen molar-refractivity contribution in [1.29, 1.82) is 0 Å². The SMILES string of the molecule is CCC1CCCCN1C(=O)N/C=C(\C)C(C)C. The molecular formula is C14H26N2O. The molecule has 0 radical (unpaired) electrons. The quantitative estimate of drug-likeness (QED) is 0.801. The molecule has 1 saturated heterocycles. The number of carbonyl (C=O) groups excluding carboxylic acids is 1. The standard InChI is InChI=1S/C14H26N2O/c1-5-13-8-6-7-9-16(13)14(17)15-10-12(4)11(2)3/h10-11,13H,5-9H2,1-4H3,(H,15,17)/b12-10+. The highest BCUT2D eigenvalue weighted by atomic mass is 16.2. The van der Waals surface area contributed by atoms with Gasteiger partial charge < -0.3 is 10.2 Å². The molecule has 0 spiro atoms. The van der Waals surface area contributed by atoms with Gasteiger partial charge in [-0.3, -0.25) is 0 Å². The van der Waals surface area contributed by atoms with Crippen molar-refractivity contribution in [3.8, 4) is 0 Å². The molecule has 1 heterocycles. The number of carbonyl (C=O) groups is 1. The van der Waals surface area contributed by atoms with Crippen LogP contribution in [0.3, 0.4) is 0 Å². The molecule has 0 aromatic rings. The van der Waals surface area contributed by atoms with Gasteiger partial charge in [0.2, 0.25) is 0 Å². The Bertz CT molecular complexity index is 284. The summed E-state index contributed by atoms with van der Waals surface area (Å²) in [6, 6.07) is 0.494. The molecule has 1 aliphatic rings. The Morgan fingerprint density at radius 1 is 1.47 bits per heavy atom. The number of piperidine rings is 1. The lowest BCUT2D eigenvalue weighted by Crippen LogP contribution is -2.47. The van der Waals surface area contributed by atoms with Gasteiger partial charge in [-0.2, -0.15) is 0 Å². The Hall–Kier alpha value is -0.990. The molecule has 3 nitrogen and oxygen atoms in total. The van der Waals surface area contributed by atoms with E-state index in [9.17, 15) is 4.79 Å². The van der Waals surface area contributed by atoms with Crippen LogP contribution < -0.4 is 5.32 Å². The van der Waals surface area contributed by atoms with E-state index >= 15 is 0 Å². The third-order valence-electron chi connectivity index (χ3n) is 3.69. The summed E-state index contributed by atoms with van der Waals surface area (Å²) in [7, 11) is 0. The maximum Gasteiger partial charge on any atom is 0.321 e. The van der Waals surface area contributed by atoms with Gasteiger partial charge in [-0.1, -0.05) is 26.3 Å². The van der Waals surface area contributed by atoms with Gasteiger partial charge in [-0.25, -0.2) is 4.79 Å². The van der Waals surface area contributed by atoms with Crippen LogP contribution in [0.4, 0.5) is 4.79 Å². The average Bonchev–Trinajstić information content (AvgIpc) is 2.35. The van der Waals surface area contributed by atoms with Crippen LogP contribution in [0, 0.1) is 5.92 Å². The molecule has 1 N–H and O–H groups in total. The van der Waals surface area contributed by atoms with Crippen LogP contribution >= 0.6 is 0 Å². The first-order chi connectivity index (χ1) is 8.06. The highest BCUT2D eigenvalue weighted by Gasteiger charge is 2.24. The first-order valence-electron chi connectivity index (χ1n) is 6.80. The molecule has 1 atom stereocenters. The maximum absolute atomic E-state index is 12.1. The van der Waals surface area contributed by atoms with E-state index in [1.807, 2.05) is 11.1 Å². The number of allylic oxidation sites excluding steroid dienone is 1. The van der Waals surface area contributed by atoms with Gasteiger partial charge in [0.05, 0.1) is 0 Å². The van der Waals surface area contributed by atoms with Gasteiger partial charge in [0.1, 0.15) is 0 Å². The molecule has 98 valence electrons. The highest BCUT2D eigenvalue weighted by Crippen LogP contribution is 2.19. The molecule has 0 aliphatic carbocycles. The number of nitrogens with zero attached hydrogens (tertiary/aromatic N) is 1. The Morgan fingerprint density at radius 2 is 2.18 bits per heavy atom. The van der Waals surface area contributed by atoms with E-state index in [4.69, 9.17) is 0 Å². The summed E-state index contributed by atoms with van der Waals surface area (Å²) >= 11 is 0. The number of amides is 2. The molecule has 0 saturated carbocycles. The third-order valence-corrected chi connectivity index (χ3v) is 3.69. The van der Waals surface area contributed by atoms with Crippen LogP contribution in [0.2, 0.25) is 0 Å². The zero-order chi connectivity index (χ0) is 12.8. The summed E-state index contributed by atoms with van der Waals surface area (Å²) in [6.45, 7) is 9.38. The van der Waals surface area contributed by atoms with Crippen LogP contribution in [0.1, 0.15) is 53.4 Å². The minimum absolute atomic E-state index is 0.0663. The van der Waals surface area contributed by atoms with Crippen molar-refractivity contribution < 1.29 is 4.79 Å². The Balaban J connectivity index is 2.53. The van der Waals surface area contributed by atoms with Gasteiger partial charge >= 0.3 is 6.03 Å². The van der Waals surface area contributed by atoms with Crippen molar-refractivity contribution in [3.63, 3.8) is 0 Å². The van der Waals surface area contributed by atoms with Crippen LogP contribution in [0.25, 0.3) is 0 Å². The first-order valence-corrected chi connectivity index (χ1v) is 6.80. The number of likely N-dealkylation sites (tertiary alicyclic amines) is 1. The number of hydrogen-bond acceptors (Lipinski definition) is 1. The van der Waals surface area contributed by atoms with Gasteiger partial charge in [-0.15, -0.1) is 0 Å². The maximum atomic E-state index is 12.1. The Morgan fingerprint density at radius 3 is 2.76 bits per heavy atom. The lowest BCUT2D eigenvalue weighted by molar-refractivity contribution is 0.152. The van der Waals surface area contributed by atoms with Crippen molar-refractivity contribution in [1.82, 2.24) is 10.2 Å². The minimum Gasteiger partial charge on any atom is -0.322 e. The van der Waals surface area contributed by atoms with Gasteiger partial charge in [0.15, 0.2) is 0 Å². The Labute approximate surface area is 105 Å². The van der Waals surface area contributed by atoms with E-state index in [2.05, 4.69) is 33.0 Å². The zero-order valence-electron chi connectivity index (χ0n) is 11.6. The van der Waals surface area contributed by atoms with Gasteiger partial charge in [-0.05, 0) is 38.5 Å². The van der Waals surface area contributed by atoms with Crippen molar-refractivity contribution in [2.75, 3.05) is 6.54 Å². The summed E-state index contributed by atoms with van der Waals surface area (Å²) in [5.74, 6) is 0.485. The van der Waals surface area contributed by atoms with Crippen molar-refractivity contribution in [2.45, 2.75) is 59.4 Å². The van der Waals surface area contributed by atoms with Crippen LogP contribution in [0.15, 0.2) is 11.8 Å². The lowest BCUT2D eigenvalue weighted by Gasteiger charge is -2.34. The van der Waals surface area contributed by atoms with Crippen molar-refractivity contribution in [2.24, 2.45) is 5.92 Å². The normalized spacial score (nSPS) is 21.8. The summed E-state index contributed by atoms with van der Waals surface area (Å²) in [6.07, 6.45) is 6.45. The van der Waals surface area contributed by atoms with Crippen molar-refractivity contribution in [3.05, 3.63) is 11.8 Å². The van der Waals surface area contributed by atoms with Crippen LogP contribution in [0.5, 0.6) is 0 Å². The summed E-state index contributed by atoms with van der Waals surface area (Å²) in [5, 5.41) is 2.92. The van der Waals surface area contributed by atoms with Crippen LogP contribution in [-0.4, -0.2) is 23.5 Å². The molecule has 0 bridgehead atoms. The molecule has 17 heavy (non-hydrogen) atoms. The predicted octanol–water partition coefficient (Wildman–Crippen LogP) is 3.52. The predicted molar refractivity (Wildman–Crippen MR) is 71.8 cm³/mol. The number of nitrogens with one attached hydrogen (secondary N) is 1. The zero-order valence-corrected chi connectivity index (χ0v) is 11.6. The third kappa shape index (κ3) is 4.06. The van der Waals surface area contributed by atoms with E-state index in [1.165, 1.54) is 12.0 Å². The lowest BCUT2D eigenvalue weighted by atomic mass is 10.0. The molecular weight excluding hydrogens is 212 g/mol. The minimum atomic E-state index is 0.0663. The molecule has 0 aromatic carbocycles. The molecule has 2 amide bonds.